The predicted octanol–water partition coefficient (Wildman–Crippen LogP) is 0.234. The van der Waals surface area contributed by atoms with Crippen molar-refractivity contribution >= 4 is 0 Å². The fourth-order valence-corrected chi connectivity index (χ4v) is 1.70. The van der Waals surface area contributed by atoms with Crippen LogP contribution in [0.5, 0.6) is 0 Å². The van der Waals surface area contributed by atoms with Gasteiger partial charge in [0.05, 0.1) is 12.7 Å². The molecule has 0 saturated carbocycles. The Morgan fingerprint density at radius 3 is 2.69 bits per heavy atom. The Hall–Kier alpha value is -0.670. The SMILES string of the molecule is CCCOCCNN1CCC(N)(C#N)CC1. The summed E-state index contributed by atoms with van der Waals surface area (Å²) < 4.78 is 5.37. The molecular formula is C11H22N4O. The molecule has 0 atom stereocenters. The van der Waals surface area contributed by atoms with Gasteiger partial charge < -0.3 is 10.5 Å². The van der Waals surface area contributed by atoms with E-state index in [0.717, 1.165) is 52.1 Å². The second-order valence-corrected chi connectivity index (χ2v) is 4.28. The van der Waals surface area contributed by atoms with E-state index in [1.165, 1.54) is 0 Å². The topological polar surface area (TPSA) is 74.3 Å². The molecule has 16 heavy (non-hydrogen) atoms. The van der Waals surface area contributed by atoms with Gasteiger partial charge in [-0.05, 0) is 19.3 Å². The minimum atomic E-state index is -0.614. The third kappa shape index (κ3) is 4.45. The molecule has 1 rings (SSSR count). The van der Waals surface area contributed by atoms with Gasteiger partial charge in [0, 0.05) is 26.2 Å². The second kappa shape index (κ2) is 6.81. The van der Waals surface area contributed by atoms with E-state index in [4.69, 9.17) is 15.7 Å². The van der Waals surface area contributed by atoms with Crippen LogP contribution in [0.1, 0.15) is 26.2 Å². The highest BCUT2D eigenvalue weighted by molar-refractivity contribution is 5.06. The maximum atomic E-state index is 8.88. The van der Waals surface area contributed by atoms with Crippen molar-refractivity contribution in [3.63, 3.8) is 0 Å². The zero-order valence-corrected chi connectivity index (χ0v) is 10.0. The van der Waals surface area contributed by atoms with E-state index in [9.17, 15) is 0 Å². The lowest BCUT2D eigenvalue weighted by molar-refractivity contribution is 0.0868. The van der Waals surface area contributed by atoms with Gasteiger partial charge in [0.25, 0.3) is 0 Å². The van der Waals surface area contributed by atoms with E-state index >= 15 is 0 Å². The van der Waals surface area contributed by atoms with Crippen LogP contribution in [0.3, 0.4) is 0 Å². The van der Waals surface area contributed by atoms with E-state index in [1.807, 2.05) is 0 Å². The van der Waals surface area contributed by atoms with Crippen molar-refractivity contribution in [2.75, 3.05) is 32.8 Å². The van der Waals surface area contributed by atoms with Crippen molar-refractivity contribution in [1.29, 1.82) is 5.26 Å². The van der Waals surface area contributed by atoms with Gasteiger partial charge in [-0.2, -0.15) is 5.26 Å². The molecule has 1 fully saturated rings. The van der Waals surface area contributed by atoms with Gasteiger partial charge in [0.2, 0.25) is 0 Å². The van der Waals surface area contributed by atoms with E-state index in [-0.39, 0.29) is 0 Å². The summed E-state index contributed by atoms with van der Waals surface area (Å²) in [7, 11) is 0. The van der Waals surface area contributed by atoms with Crippen LogP contribution in [-0.2, 0) is 4.74 Å². The van der Waals surface area contributed by atoms with Gasteiger partial charge in [-0.25, -0.2) is 5.01 Å². The highest BCUT2D eigenvalue weighted by Crippen LogP contribution is 2.16. The van der Waals surface area contributed by atoms with Crippen molar-refractivity contribution in [2.24, 2.45) is 5.73 Å². The van der Waals surface area contributed by atoms with Gasteiger partial charge >= 0.3 is 0 Å². The maximum absolute atomic E-state index is 8.88. The smallest absolute Gasteiger partial charge is 0.106 e. The highest BCUT2D eigenvalue weighted by Gasteiger charge is 2.30. The number of nitriles is 1. The number of nitrogens with zero attached hydrogens (tertiary/aromatic N) is 2. The molecule has 5 nitrogen and oxygen atoms in total. The van der Waals surface area contributed by atoms with E-state index in [1.54, 1.807) is 0 Å². The first kappa shape index (κ1) is 13.4. The lowest BCUT2D eigenvalue weighted by atomic mass is 9.91. The van der Waals surface area contributed by atoms with Crippen LogP contribution in [0.15, 0.2) is 0 Å². The minimum Gasteiger partial charge on any atom is -0.380 e. The molecule has 0 bridgehead atoms. The maximum Gasteiger partial charge on any atom is 0.106 e. The quantitative estimate of drug-likeness (QED) is 0.634. The van der Waals surface area contributed by atoms with Gasteiger partial charge in [-0.1, -0.05) is 6.92 Å². The molecule has 5 heteroatoms. The number of hydrazine groups is 1. The molecule has 1 aliphatic heterocycles. The standard InChI is InChI=1S/C11H22N4O/c1-2-8-16-9-5-14-15-6-3-11(13,10-12)4-7-15/h14H,2-9,13H2,1H3. The third-order valence-electron chi connectivity index (χ3n) is 2.81. The number of rotatable bonds is 6. The number of ether oxygens (including phenoxy) is 1. The second-order valence-electron chi connectivity index (χ2n) is 4.28. The average Bonchev–Trinajstić information content (AvgIpc) is 2.31. The number of nitrogens with one attached hydrogen (secondary N) is 1. The summed E-state index contributed by atoms with van der Waals surface area (Å²) in [4.78, 5) is 0. The van der Waals surface area contributed by atoms with Crippen LogP contribution in [0.25, 0.3) is 0 Å². The van der Waals surface area contributed by atoms with Gasteiger partial charge in [-0.3, -0.25) is 5.43 Å². The Morgan fingerprint density at radius 2 is 2.12 bits per heavy atom. The molecule has 0 spiro atoms. The van der Waals surface area contributed by atoms with Crippen LogP contribution in [0.4, 0.5) is 0 Å². The van der Waals surface area contributed by atoms with E-state index < -0.39 is 5.54 Å². The average molecular weight is 226 g/mol. The van der Waals surface area contributed by atoms with E-state index in [0.29, 0.717) is 0 Å². The highest BCUT2D eigenvalue weighted by atomic mass is 16.5. The lowest BCUT2D eigenvalue weighted by Crippen LogP contribution is -2.53. The summed E-state index contributed by atoms with van der Waals surface area (Å²) in [6.07, 6.45) is 2.51. The summed E-state index contributed by atoms with van der Waals surface area (Å²) in [6.45, 7) is 6.14. The number of hydrogen-bond acceptors (Lipinski definition) is 5. The van der Waals surface area contributed by atoms with Crippen molar-refractivity contribution in [3.8, 4) is 6.07 Å². The van der Waals surface area contributed by atoms with Crippen molar-refractivity contribution in [3.05, 3.63) is 0 Å². The molecule has 1 heterocycles. The molecular weight excluding hydrogens is 204 g/mol. The van der Waals surface area contributed by atoms with Gasteiger partial charge in [0.15, 0.2) is 0 Å². The molecule has 1 aliphatic rings. The molecule has 0 unspecified atom stereocenters. The largest absolute Gasteiger partial charge is 0.380 e. The Kier molecular flexibility index (Phi) is 5.71. The molecule has 1 saturated heterocycles. The van der Waals surface area contributed by atoms with Crippen LogP contribution in [0.2, 0.25) is 0 Å². The van der Waals surface area contributed by atoms with Gasteiger partial charge in [0.1, 0.15) is 5.54 Å². The first-order valence-corrected chi connectivity index (χ1v) is 5.96. The molecule has 92 valence electrons. The zero-order chi connectivity index (χ0) is 11.9. The summed E-state index contributed by atoms with van der Waals surface area (Å²) in [6, 6.07) is 2.18. The molecule has 0 aliphatic carbocycles. The minimum absolute atomic E-state index is 0.614. The number of piperidine rings is 1. The normalized spacial score (nSPS) is 20.6. The molecule has 0 aromatic carbocycles. The zero-order valence-electron chi connectivity index (χ0n) is 10.0. The van der Waals surface area contributed by atoms with Crippen LogP contribution in [0, 0.1) is 11.3 Å². The summed E-state index contributed by atoms with van der Waals surface area (Å²) in [5.41, 5.74) is 8.55. The Bertz CT molecular complexity index is 231. The summed E-state index contributed by atoms with van der Waals surface area (Å²) in [5, 5.41) is 11.0. The van der Waals surface area contributed by atoms with Crippen LogP contribution in [-0.4, -0.2) is 43.4 Å². The molecule has 0 amide bonds. The monoisotopic (exact) mass is 226 g/mol. The number of hydrogen-bond donors (Lipinski definition) is 2. The van der Waals surface area contributed by atoms with Gasteiger partial charge in [-0.15, -0.1) is 0 Å². The molecule has 3 N–H and O–H groups in total. The third-order valence-corrected chi connectivity index (χ3v) is 2.81. The van der Waals surface area contributed by atoms with E-state index in [2.05, 4.69) is 23.4 Å². The fraction of sp³-hybridized carbons (Fsp3) is 0.909. The Balaban J connectivity index is 2.07. The predicted molar refractivity (Wildman–Crippen MR) is 62.5 cm³/mol. The summed E-state index contributed by atoms with van der Waals surface area (Å²) in [5.74, 6) is 0. The Labute approximate surface area is 97.5 Å². The molecule has 0 radical (unpaired) electrons. The molecule has 0 aromatic heterocycles. The van der Waals surface area contributed by atoms with Crippen molar-refractivity contribution in [2.45, 2.75) is 31.7 Å². The van der Waals surface area contributed by atoms with Crippen LogP contribution < -0.4 is 11.2 Å². The van der Waals surface area contributed by atoms with Crippen molar-refractivity contribution < 1.29 is 4.74 Å². The van der Waals surface area contributed by atoms with Crippen molar-refractivity contribution in [1.82, 2.24) is 10.4 Å². The number of nitrogens with two attached hydrogens (primary N) is 1. The Morgan fingerprint density at radius 1 is 1.44 bits per heavy atom. The first-order chi connectivity index (χ1) is 7.70. The van der Waals surface area contributed by atoms with Crippen LogP contribution >= 0.6 is 0 Å². The lowest BCUT2D eigenvalue weighted by Gasteiger charge is -2.34. The molecule has 0 aromatic rings. The first-order valence-electron chi connectivity index (χ1n) is 5.96. The fourth-order valence-electron chi connectivity index (χ4n) is 1.70. The summed E-state index contributed by atoms with van der Waals surface area (Å²) >= 11 is 0.